The molecule has 1 aromatic rings. The molecule has 1 aromatic carbocycles. The van der Waals surface area contributed by atoms with E-state index in [0.717, 1.165) is 6.07 Å². The number of hydrogen-bond donors (Lipinski definition) is 1. The minimum atomic E-state index is -4.74. The summed E-state index contributed by atoms with van der Waals surface area (Å²) in [6, 6.07) is -0.656. The zero-order valence-corrected chi connectivity index (χ0v) is 6.78. The molecule has 2 N–H and O–H groups in total. The van der Waals surface area contributed by atoms with Crippen LogP contribution in [0.15, 0.2) is 18.2 Å². The lowest BCUT2D eigenvalue weighted by molar-refractivity contribution is -0.149. The number of alkyl halides is 3. The highest BCUT2D eigenvalue weighted by molar-refractivity contribution is 5.22. The first-order valence-electron chi connectivity index (χ1n) is 3.59. The van der Waals surface area contributed by atoms with E-state index in [1.54, 1.807) is 0 Å². The van der Waals surface area contributed by atoms with E-state index in [-0.39, 0.29) is 0 Å². The van der Waals surface area contributed by atoms with Gasteiger partial charge >= 0.3 is 6.18 Å². The number of hydrogen-bond acceptors (Lipinski definition) is 1. The van der Waals surface area contributed by atoms with Crippen LogP contribution in [0.3, 0.4) is 0 Å². The maximum atomic E-state index is 12.8. The summed E-state index contributed by atoms with van der Waals surface area (Å²) in [5.41, 5.74) is 3.97. The highest BCUT2D eigenvalue weighted by atomic mass is 19.4. The van der Waals surface area contributed by atoms with Crippen LogP contribution in [0.25, 0.3) is 0 Å². The molecule has 0 fully saturated rings. The molecule has 0 aliphatic carbocycles. The third-order valence-electron chi connectivity index (χ3n) is 1.65. The van der Waals surface area contributed by atoms with Gasteiger partial charge < -0.3 is 5.73 Å². The lowest BCUT2D eigenvalue weighted by Gasteiger charge is -2.16. The van der Waals surface area contributed by atoms with E-state index in [0.29, 0.717) is 12.1 Å². The van der Waals surface area contributed by atoms with E-state index in [4.69, 9.17) is 5.73 Å². The fourth-order valence-electron chi connectivity index (χ4n) is 0.930. The molecule has 0 aliphatic heterocycles. The summed E-state index contributed by atoms with van der Waals surface area (Å²) < 4.78 is 61.2. The summed E-state index contributed by atoms with van der Waals surface area (Å²) in [6.07, 6.45) is -4.74. The van der Waals surface area contributed by atoms with Gasteiger partial charge in [-0.15, -0.1) is 0 Å². The monoisotopic (exact) mass is 211 g/mol. The van der Waals surface area contributed by atoms with Crippen molar-refractivity contribution in [3.63, 3.8) is 0 Å². The van der Waals surface area contributed by atoms with E-state index in [2.05, 4.69) is 0 Å². The Labute approximate surface area is 76.3 Å². The Morgan fingerprint density at radius 2 is 1.71 bits per heavy atom. The molecule has 0 saturated carbocycles. The summed E-state index contributed by atoms with van der Waals surface area (Å²) in [4.78, 5) is 0. The summed E-state index contributed by atoms with van der Waals surface area (Å²) in [7, 11) is 0. The predicted molar refractivity (Wildman–Crippen MR) is 39.3 cm³/mol. The second kappa shape index (κ2) is 3.53. The van der Waals surface area contributed by atoms with Crippen LogP contribution in [0, 0.1) is 11.6 Å². The topological polar surface area (TPSA) is 26.0 Å². The van der Waals surface area contributed by atoms with Gasteiger partial charge in [0.05, 0.1) is 0 Å². The molecule has 0 radical (unpaired) electrons. The Bertz CT molecular complexity index is 333. The molecular weight excluding hydrogens is 205 g/mol. The molecular formula is C8H6F5N. The van der Waals surface area contributed by atoms with Gasteiger partial charge in [-0.2, -0.15) is 13.2 Å². The first-order chi connectivity index (χ1) is 6.32. The second-order valence-electron chi connectivity index (χ2n) is 2.69. The van der Waals surface area contributed by atoms with Gasteiger partial charge in [0.25, 0.3) is 0 Å². The van der Waals surface area contributed by atoms with Gasteiger partial charge in [-0.05, 0) is 6.07 Å². The molecule has 1 nitrogen and oxygen atoms in total. The molecule has 0 amide bonds. The van der Waals surface area contributed by atoms with Crippen LogP contribution >= 0.6 is 0 Å². The van der Waals surface area contributed by atoms with Crippen molar-refractivity contribution < 1.29 is 22.0 Å². The fourth-order valence-corrected chi connectivity index (χ4v) is 0.930. The van der Waals surface area contributed by atoms with Crippen molar-refractivity contribution in [2.75, 3.05) is 0 Å². The van der Waals surface area contributed by atoms with Crippen molar-refractivity contribution in [3.8, 4) is 0 Å². The second-order valence-corrected chi connectivity index (χ2v) is 2.69. The van der Waals surface area contributed by atoms with Gasteiger partial charge in [0.1, 0.15) is 17.7 Å². The highest BCUT2D eigenvalue weighted by Gasteiger charge is 2.39. The molecule has 0 bridgehead atoms. The third-order valence-corrected chi connectivity index (χ3v) is 1.65. The van der Waals surface area contributed by atoms with Crippen LogP contribution < -0.4 is 5.73 Å². The first-order valence-corrected chi connectivity index (χ1v) is 3.59. The van der Waals surface area contributed by atoms with E-state index in [1.165, 1.54) is 0 Å². The minimum absolute atomic E-state index is 0.362. The molecule has 0 aliphatic rings. The lowest BCUT2D eigenvalue weighted by Crippen LogP contribution is -2.29. The highest BCUT2D eigenvalue weighted by Crippen LogP contribution is 2.31. The zero-order chi connectivity index (χ0) is 10.9. The Morgan fingerprint density at radius 1 is 1.14 bits per heavy atom. The SMILES string of the molecule is NC(c1ccc(F)cc1F)C(F)(F)F. The minimum Gasteiger partial charge on any atom is -0.316 e. The summed E-state index contributed by atoms with van der Waals surface area (Å²) in [6.45, 7) is 0. The smallest absolute Gasteiger partial charge is 0.316 e. The zero-order valence-electron chi connectivity index (χ0n) is 6.78. The molecule has 1 rings (SSSR count). The summed E-state index contributed by atoms with van der Waals surface area (Å²) >= 11 is 0. The van der Waals surface area contributed by atoms with Crippen molar-refractivity contribution >= 4 is 0 Å². The van der Waals surface area contributed by atoms with Gasteiger partial charge in [-0.25, -0.2) is 8.78 Å². The maximum Gasteiger partial charge on any atom is 0.407 e. The van der Waals surface area contributed by atoms with E-state index >= 15 is 0 Å². The van der Waals surface area contributed by atoms with E-state index in [1.807, 2.05) is 0 Å². The summed E-state index contributed by atoms with van der Waals surface area (Å²) in [5, 5.41) is 0. The van der Waals surface area contributed by atoms with Crippen molar-refractivity contribution in [2.45, 2.75) is 12.2 Å². The molecule has 0 heterocycles. The third kappa shape index (κ3) is 2.20. The van der Waals surface area contributed by atoms with Crippen LogP contribution in [0.2, 0.25) is 0 Å². The lowest BCUT2D eigenvalue weighted by atomic mass is 10.1. The van der Waals surface area contributed by atoms with Crippen molar-refractivity contribution in [1.82, 2.24) is 0 Å². The van der Waals surface area contributed by atoms with Gasteiger partial charge in [0, 0.05) is 11.6 Å². The van der Waals surface area contributed by atoms with Gasteiger partial charge in [-0.3, -0.25) is 0 Å². The van der Waals surface area contributed by atoms with E-state index < -0.39 is 29.4 Å². The molecule has 1 atom stereocenters. The van der Waals surface area contributed by atoms with Gasteiger partial charge in [0.15, 0.2) is 0 Å². The average Bonchev–Trinajstić information content (AvgIpc) is 2.01. The standard InChI is InChI=1S/C8H6F5N/c9-4-1-2-5(6(10)3-4)7(14)8(11,12)13/h1-3,7H,14H2. The van der Waals surface area contributed by atoms with Crippen LogP contribution in [-0.4, -0.2) is 6.18 Å². The fraction of sp³-hybridized carbons (Fsp3) is 0.250. The number of halogens is 5. The van der Waals surface area contributed by atoms with Crippen LogP contribution in [0.4, 0.5) is 22.0 Å². The number of nitrogens with two attached hydrogens (primary N) is 1. The molecule has 6 heteroatoms. The van der Waals surface area contributed by atoms with Crippen LogP contribution in [-0.2, 0) is 0 Å². The quantitative estimate of drug-likeness (QED) is 0.709. The average molecular weight is 211 g/mol. The normalized spacial score (nSPS) is 14.1. The Kier molecular flexibility index (Phi) is 2.75. The summed E-state index contributed by atoms with van der Waals surface area (Å²) in [5.74, 6) is -2.24. The van der Waals surface area contributed by atoms with Gasteiger partial charge in [0.2, 0.25) is 0 Å². The van der Waals surface area contributed by atoms with Crippen LogP contribution in [0.1, 0.15) is 11.6 Å². The molecule has 0 saturated heterocycles. The van der Waals surface area contributed by atoms with Crippen molar-refractivity contribution in [2.24, 2.45) is 5.73 Å². The molecule has 0 aromatic heterocycles. The van der Waals surface area contributed by atoms with Crippen LogP contribution in [0.5, 0.6) is 0 Å². The molecule has 0 spiro atoms. The molecule has 78 valence electrons. The number of rotatable bonds is 1. The Balaban J connectivity index is 3.08. The van der Waals surface area contributed by atoms with E-state index in [9.17, 15) is 22.0 Å². The molecule has 14 heavy (non-hydrogen) atoms. The largest absolute Gasteiger partial charge is 0.407 e. The predicted octanol–water partition coefficient (Wildman–Crippen LogP) is 2.53. The Hall–Kier alpha value is -1.17. The number of benzene rings is 1. The van der Waals surface area contributed by atoms with Crippen molar-refractivity contribution in [1.29, 1.82) is 0 Å². The maximum absolute atomic E-state index is 12.8. The van der Waals surface area contributed by atoms with Crippen molar-refractivity contribution in [3.05, 3.63) is 35.4 Å². The first kappa shape index (κ1) is 10.9. The van der Waals surface area contributed by atoms with Gasteiger partial charge in [-0.1, -0.05) is 6.07 Å². The molecule has 1 unspecified atom stereocenters. The Morgan fingerprint density at radius 3 is 2.14 bits per heavy atom.